The number of rotatable bonds is 2. The van der Waals surface area contributed by atoms with Crippen molar-refractivity contribution in [2.24, 2.45) is 5.73 Å². The van der Waals surface area contributed by atoms with E-state index in [1.807, 2.05) is 12.1 Å². The van der Waals surface area contributed by atoms with Gasteiger partial charge in [-0.05, 0) is 40.9 Å². The zero-order valence-corrected chi connectivity index (χ0v) is 9.37. The minimum Gasteiger partial charge on any atom is -0.389 e. The average Bonchev–Trinajstić information content (AvgIpc) is 2.07. The Balaban J connectivity index is 2.01. The molecule has 0 atom stereocenters. The van der Waals surface area contributed by atoms with Crippen LogP contribution in [0.1, 0.15) is 18.5 Å². The molecule has 1 fully saturated rings. The van der Waals surface area contributed by atoms with Gasteiger partial charge in [-0.2, -0.15) is 0 Å². The van der Waals surface area contributed by atoms with Gasteiger partial charge in [-0.25, -0.2) is 0 Å². The van der Waals surface area contributed by atoms with Crippen molar-refractivity contribution in [2.45, 2.75) is 30.9 Å². The molecule has 0 radical (unpaired) electrons. The highest BCUT2D eigenvalue weighted by Crippen LogP contribution is 2.33. The smallest absolute Gasteiger partial charge is 0.0732 e. The van der Waals surface area contributed by atoms with Crippen LogP contribution >= 0.6 is 15.9 Å². The van der Waals surface area contributed by atoms with Crippen molar-refractivity contribution in [3.8, 4) is 0 Å². The zero-order chi connectivity index (χ0) is 10.2. The minimum absolute atomic E-state index is 0.162. The highest BCUT2D eigenvalue weighted by Gasteiger charge is 2.40. The Morgan fingerprint density at radius 1 is 1.57 bits per heavy atom. The number of nitrogens with zero attached hydrogens (tertiary/aromatic N) is 1. The summed E-state index contributed by atoms with van der Waals surface area (Å²) in [7, 11) is 0. The van der Waals surface area contributed by atoms with Crippen molar-refractivity contribution >= 4 is 15.9 Å². The fourth-order valence-electron chi connectivity index (χ4n) is 1.91. The summed E-state index contributed by atoms with van der Waals surface area (Å²) in [6.07, 6.45) is 3.72. The summed E-state index contributed by atoms with van der Waals surface area (Å²) < 4.78 is 0.957. The first kappa shape index (κ1) is 10.1. The van der Waals surface area contributed by atoms with Gasteiger partial charge >= 0.3 is 0 Å². The minimum atomic E-state index is -0.611. The van der Waals surface area contributed by atoms with Crippen LogP contribution in [0.15, 0.2) is 22.8 Å². The number of pyridine rings is 1. The lowest BCUT2D eigenvalue weighted by Gasteiger charge is -2.41. The van der Waals surface area contributed by atoms with Crippen molar-refractivity contribution in [1.82, 2.24) is 4.98 Å². The van der Waals surface area contributed by atoms with Crippen molar-refractivity contribution < 1.29 is 5.11 Å². The second kappa shape index (κ2) is 3.61. The topological polar surface area (TPSA) is 59.1 Å². The first-order valence-corrected chi connectivity index (χ1v) is 5.45. The average molecular weight is 257 g/mol. The van der Waals surface area contributed by atoms with Crippen molar-refractivity contribution in [2.75, 3.05) is 0 Å². The van der Waals surface area contributed by atoms with Gasteiger partial charge < -0.3 is 10.8 Å². The Morgan fingerprint density at radius 2 is 2.29 bits per heavy atom. The predicted molar refractivity (Wildman–Crippen MR) is 57.8 cm³/mol. The maximum absolute atomic E-state index is 9.97. The van der Waals surface area contributed by atoms with Crippen LogP contribution in [0.2, 0.25) is 0 Å². The summed E-state index contributed by atoms with van der Waals surface area (Å²) in [6, 6.07) is 4.02. The Hall–Kier alpha value is -0.450. The maximum atomic E-state index is 9.97. The first-order chi connectivity index (χ1) is 6.57. The van der Waals surface area contributed by atoms with Crippen LogP contribution in [-0.4, -0.2) is 21.7 Å². The second-order valence-corrected chi connectivity index (χ2v) is 4.95. The number of aliphatic hydroxyl groups is 1. The first-order valence-electron chi connectivity index (χ1n) is 4.66. The van der Waals surface area contributed by atoms with E-state index >= 15 is 0 Å². The summed E-state index contributed by atoms with van der Waals surface area (Å²) in [5.74, 6) is 0. The lowest BCUT2D eigenvalue weighted by atomic mass is 9.73. The molecule has 0 aliphatic heterocycles. The molecule has 1 aromatic rings. The van der Waals surface area contributed by atoms with Gasteiger partial charge in [0.1, 0.15) is 0 Å². The summed E-state index contributed by atoms with van der Waals surface area (Å²) in [5.41, 5.74) is 5.95. The van der Waals surface area contributed by atoms with Gasteiger partial charge in [0.05, 0.1) is 5.60 Å². The fraction of sp³-hybridized carbons (Fsp3) is 0.500. The molecule has 1 saturated carbocycles. The normalized spacial score (nSPS) is 31.2. The standard InChI is InChI=1S/C10H13BrN2O/c11-7-1-2-9(13-6-7)5-10(14)3-8(12)4-10/h1-2,6,8,14H,3-5,12H2. The molecule has 4 heteroatoms. The van der Waals surface area contributed by atoms with E-state index in [1.165, 1.54) is 0 Å². The van der Waals surface area contributed by atoms with Crippen molar-refractivity contribution in [3.63, 3.8) is 0 Å². The summed E-state index contributed by atoms with van der Waals surface area (Å²) in [6.45, 7) is 0. The number of hydrogen-bond acceptors (Lipinski definition) is 3. The molecule has 76 valence electrons. The zero-order valence-electron chi connectivity index (χ0n) is 7.78. The molecule has 1 aliphatic rings. The van der Waals surface area contributed by atoms with Crippen LogP contribution in [0, 0.1) is 0 Å². The van der Waals surface area contributed by atoms with E-state index in [9.17, 15) is 5.11 Å². The molecule has 0 spiro atoms. The molecule has 3 nitrogen and oxygen atoms in total. The lowest BCUT2D eigenvalue weighted by Crippen LogP contribution is -2.52. The van der Waals surface area contributed by atoms with E-state index in [-0.39, 0.29) is 6.04 Å². The van der Waals surface area contributed by atoms with Gasteiger partial charge in [0.15, 0.2) is 0 Å². The van der Waals surface area contributed by atoms with Crippen LogP contribution in [0.5, 0.6) is 0 Å². The van der Waals surface area contributed by atoms with E-state index in [0.717, 1.165) is 10.2 Å². The summed E-state index contributed by atoms with van der Waals surface area (Å²) >= 11 is 3.32. The van der Waals surface area contributed by atoms with Crippen LogP contribution in [0.4, 0.5) is 0 Å². The van der Waals surface area contributed by atoms with Crippen LogP contribution < -0.4 is 5.73 Å². The predicted octanol–water partition coefficient (Wildman–Crippen LogP) is 1.24. The van der Waals surface area contributed by atoms with E-state index in [2.05, 4.69) is 20.9 Å². The molecular formula is C10H13BrN2O. The van der Waals surface area contributed by atoms with E-state index in [0.29, 0.717) is 19.3 Å². The Bertz CT molecular complexity index is 319. The fourth-order valence-corrected chi connectivity index (χ4v) is 2.14. The van der Waals surface area contributed by atoms with E-state index < -0.39 is 5.60 Å². The molecule has 1 aromatic heterocycles. The second-order valence-electron chi connectivity index (χ2n) is 4.04. The van der Waals surface area contributed by atoms with Crippen molar-refractivity contribution in [3.05, 3.63) is 28.5 Å². The highest BCUT2D eigenvalue weighted by molar-refractivity contribution is 9.10. The van der Waals surface area contributed by atoms with Gasteiger partial charge in [0, 0.05) is 28.8 Å². The molecule has 0 amide bonds. The Morgan fingerprint density at radius 3 is 2.79 bits per heavy atom. The molecule has 0 saturated heterocycles. The quantitative estimate of drug-likeness (QED) is 0.838. The van der Waals surface area contributed by atoms with Gasteiger partial charge in [0.25, 0.3) is 0 Å². The Labute approximate surface area is 91.5 Å². The number of hydrogen-bond donors (Lipinski definition) is 2. The van der Waals surface area contributed by atoms with Gasteiger partial charge in [-0.1, -0.05) is 0 Å². The molecule has 2 rings (SSSR count). The monoisotopic (exact) mass is 256 g/mol. The number of nitrogens with two attached hydrogens (primary N) is 1. The molecule has 1 heterocycles. The molecule has 0 bridgehead atoms. The molecule has 3 N–H and O–H groups in total. The van der Waals surface area contributed by atoms with Crippen LogP contribution in [-0.2, 0) is 6.42 Å². The lowest BCUT2D eigenvalue weighted by molar-refractivity contribution is -0.0462. The Kier molecular flexibility index (Phi) is 2.60. The molecule has 1 aliphatic carbocycles. The van der Waals surface area contributed by atoms with Gasteiger partial charge in [0.2, 0.25) is 0 Å². The van der Waals surface area contributed by atoms with Gasteiger partial charge in [-0.3, -0.25) is 4.98 Å². The number of aromatic nitrogens is 1. The van der Waals surface area contributed by atoms with Gasteiger partial charge in [-0.15, -0.1) is 0 Å². The molecule has 0 aromatic carbocycles. The highest BCUT2D eigenvalue weighted by atomic mass is 79.9. The largest absolute Gasteiger partial charge is 0.389 e. The third kappa shape index (κ3) is 2.13. The third-order valence-electron chi connectivity index (χ3n) is 2.58. The molecule has 14 heavy (non-hydrogen) atoms. The summed E-state index contributed by atoms with van der Waals surface area (Å²) in [5, 5.41) is 9.97. The SMILES string of the molecule is NC1CC(O)(Cc2ccc(Br)cn2)C1. The van der Waals surface area contributed by atoms with Crippen molar-refractivity contribution in [1.29, 1.82) is 0 Å². The molecule has 0 unspecified atom stereocenters. The third-order valence-corrected chi connectivity index (χ3v) is 3.05. The van der Waals surface area contributed by atoms with E-state index in [1.54, 1.807) is 6.20 Å². The van der Waals surface area contributed by atoms with E-state index in [4.69, 9.17) is 5.73 Å². The van der Waals surface area contributed by atoms with Crippen LogP contribution in [0.3, 0.4) is 0 Å². The van der Waals surface area contributed by atoms with Crippen LogP contribution in [0.25, 0.3) is 0 Å². The molecular weight excluding hydrogens is 244 g/mol. The maximum Gasteiger partial charge on any atom is 0.0732 e. The summed E-state index contributed by atoms with van der Waals surface area (Å²) in [4.78, 5) is 4.22. The number of halogens is 1.